The van der Waals surface area contributed by atoms with Crippen LogP contribution in [0, 0.1) is 0 Å². The molecule has 1 saturated heterocycles. The Labute approximate surface area is 104 Å². The summed E-state index contributed by atoms with van der Waals surface area (Å²) in [6.07, 6.45) is 2.36. The number of carbonyl (C=O) groups excluding carboxylic acids is 1. The molecule has 0 aromatic carbocycles. The number of amides is 1. The molecule has 1 atom stereocenters. The van der Waals surface area contributed by atoms with E-state index in [-0.39, 0.29) is 12.0 Å². The van der Waals surface area contributed by atoms with Gasteiger partial charge in [0.05, 0.1) is 6.61 Å². The molecule has 1 rings (SSSR count). The van der Waals surface area contributed by atoms with E-state index in [9.17, 15) is 4.79 Å². The minimum absolute atomic E-state index is 0.142. The van der Waals surface area contributed by atoms with Gasteiger partial charge in [0.1, 0.15) is 6.10 Å². The van der Waals surface area contributed by atoms with Crippen LogP contribution in [0.4, 0.5) is 0 Å². The van der Waals surface area contributed by atoms with Crippen LogP contribution in [0.25, 0.3) is 0 Å². The highest BCUT2D eigenvalue weighted by Gasteiger charge is 2.28. The molecule has 0 spiro atoms. The van der Waals surface area contributed by atoms with Crippen molar-refractivity contribution in [3.05, 3.63) is 0 Å². The Hall–Kier alpha value is -0.650. The molecule has 0 aromatic heterocycles. The fourth-order valence-corrected chi connectivity index (χ4v) is 2.00. The first-order chi connectivity index (χ1) is 8.15. The lowest BCUT2D eigenvalue weighted by atomic mass is 10.1. The molecule has 5 heteroatoms. The van der Waals surface area contributed by atoms with Gasteiger partial charge in [0.2, 0.25) is 0 Å². The van der Waals surface area contributed by atoms with E-state index in [0.717, 1.165) is 38.9 Å². The van der Waals surface area contributed by atoms with Gasteiger partial charge >= 0.3 is 0 Å². The summed E-state index contributed by atoms with van der Waals surface area (Å²) >= 11 is 0. The van der Waals surface area contributed by atoms with E-state index in [1.807, 2.05) is 19.0 Å². The molecule has 0 bridgehead atoms. The molecule has 2 N–H and O–H groups in total. The van der Waals surface area contributed by atoms with Crippen LogP contribution >= 0.6 is 0 Å². The lowest BCUT2D eigenvalue weighted by molar-refractivity contribution is -0.153. The van der Waals surface area contributed by atoms with Gasteiger partial charge in [0.25, 0.3) is 5.91 Å². The summed E-state index contributed by atoms with van der Waals surface area (Å²) in [6, 6.07) is 0. The average Bonchev–Trinajstić information content (AvgIpc) is 2.29. The predicted octanol–water partition coefficient (Wildman–Crippen LogP) is -0.0956. The summed E-state index contributed by atoms with van der Waals surface area (Å²) in [5.74, 6) is 0.142. The van der Waals surface area contributed by atoms with E-state index < -0.39 is 0 Å². The molecule has 100 valence electrons. The van der Waals surface area contributed by atoms with Crippen LogP contribution < -0.4 is 5.73 Å². The Kier molecular flexibility index (Phi) is 6.47. The van der Waals surface area contributed by atoms with E-state index >= 15 is 0 Å². The number of hydrogen-bond donors (Lipinski definition) is 1. The van der Waals surface area contributed by atoms with Gasteiger partial charge in [-0.1, -0.05) is 0 Å². The molecule has 0 aliphatic carbocycles. The van der Waals surface area contributed by atoms with Gasteiger partial charge in [-0.15, -0.1) is 0 Å². The summed E-state index contributed by atoms with van der Waals surface area (Å²) in [4.78, 5) is 16.1. The third-order valence-corrected chi connectivity index (χ3v) is 2.97. The second-order valence-corrected chi connectivity index (χ2v) is 4.77. The van der Waals surface area contributed by atoms with Crippen molar-refractivity contribution in [3.8, 4) is 0 Å². The summed E-state index contributed by atoms with van der Waals surface area (Å²) in [7, 11) is 4.09. The zero-order valence-corrected chi connectivity index (χ0v) is 11.0. The molecule has 1 aliphatic rings. The smallest absolute Gasteiger partial charge is 0.251 e. The summed E-state index contributed by atoms with van der Waals surface area (Å²) in [5.41, 5.74) is 5.45. The molecule has 1 fully saturated rings. The predicted molar refractivity (Wildman–Crippen MR) is 67.8 cm³/mol. The van der Waals surface area contributed by atoms with Gasteiger partial charge in [0.15, 0.2) is 0 Å². The molecule has 0 saturated carbocycles. The molecule has 5 nitrogen and oxygen atoms in total. The summed E-state index contributed by atoms with van der Waals surface area (Å²) in [6.45, 7) is 3.85. The number of morpholine rings is 1. The number of rotatable bonds is 7. The zero-order valence-electron chi connectivity index (χ0n) is 11.0. The first kappa shape index (κ1) is 14.4. The van der Waals surface area contributed by atoms with Gasteiger partial charge in [-0.25, -0.2) is 0 Å². The largest absolute Gasteiger partial charge is 0.367 e. The van der Waals surface area contributed by atoms with Crippen LogP contribution in [0.2, 0.25) is 0 Å². The van der Waals surface area contributed by atoms with Gasteiger partial charge < -0.3 is 20.3 Å². The summed E-state index contributed by atoms with van der Waals surface area (Å²) < 4.78 is 5.49. The molecular formula is C12H25N3O2. The maximum Gasteiger partial charge on any atom is 0.251 e. The van der Waals surface area contributed by atoms with Gasteiger partial charge in [0, 0.05) is 13.1 Å². The van der Waals surface area contributed by atoms with E-state index in [0.29, 0.717) is 13.2 Å². The van der Waals surface area contributed by atoms with Crippen LogP contribution in [0.3, 0.4) is 0 Å². The highest BCUT2D eigenvalue weighted by atomic mass is 16.5. The Morgan fingerprint density at radius 3 is 2.88 bits per heavy atom. The SMILES string of the molecule is CN(C)CCCN1CCOC(CCCN)C1=O. The van der Waals surface area contributed by atoms with Crippen molar-refractivity contribution >= 4 is 5.91 Å². The molecule has 0 aromatic rings. The van der Waals surface area contributed by atoms with Crippen molar-refractivity contribution in [3.63, 3.8) is 0 Å². The van der Waals surface area contributed by atoms with E-state index in [1.165, 1.54) is 0 Å². The van der Waals surface area contributed by atoms with Crippen LogP contribution in [-0.2, 0) is 9.53 Å². The van der Waals surface area contributed by atoms with Crippen molar-refractivity contribution in [1.82, 2.24) is 9.80 Å². The normalized spacial score (nSPS) is 21.3. The minimum Gasteiger partial charge on any atom is -0.367 e. The average molecular weight is 243 g/mol. The minimum atomic E-state index is -0.258. The molecule has 0 radical (unpaired) electrons. The Bertz CT molecular complexity index is 234. The zero-order chi connectivity index (χ0) is 12.7. The van der Waals surface area contributed by atoms with Gasteiger partial charge in [-0.05, 0) is 46.4 Å². The molecule has 1 heterocycles. The Balaban J connectivity index is 2.31. The van der Waals surface area contributed by atoms with Crippen molar-refractivity contribution in [1.29, 1.82) is 0 Å². The highest BCUT2D eigenvalue weighted by Crippen LogP contribution is 2.12. The summed E-state index contributed by atoms with van der Waals surface area (Å²) in [5, 5.41) is 0. The number of nitrogens with zero attached hydrogens (tertiary/aromatic N) is 2. The van der Waals surface area contributed by atoms with Crippen molar-refractivity contribution in [2.75, 3.05) is 46.9 Å². The maximum absolute atomic E-state index is 12.1. The van der Waals surface area contributed by atoms with E-state index in [1.54, 1.807) is 0 Å². The highest BCUT2D eigenvalue weighted by molar-refractivity contribution is 5.81. The van der Waals surface area contributed by atoms with E-state index in [2.05, 4.69) is 4.90 Å². The first-order valence-corrected chi connectivity index (χ1v) is 6.40. The van der Waals surface area contributed by atoms with Crippen molar-refractivity contribution in [2.45, 2.75) is 25.4 Å². The first-order valence-electron chi connectivity index (χ1n) is 6.40. The van der Waals surface area contributed by atoms with Gasteiger partial charge in [-0.3, -0.25) is 4.79 Å². The van der Waals surface area contributed by atoms with Crippen molar-refractivity contribution in [2.24, 2.45) is 5.73 Å². The van der Waals surface area contributed by atoms with Crippen LogP contribution in [0.15, 0.2) is 0 Å². The van der Waals surface area contributed by atoms with E-state index in [4.69, 9.17) is 10.5 Å². The molecule has 17 heavy (non-hydrogen) atoms. The topological polar surface area (TPSA) is 58.8 Å². The standard InChI is InChI=1S/C12H25N3O2/c1-14(2)7-4-8-15-9-10-17-11(12(15)16)5-3-6-13/h11H,3-10,13H2,1-2H3. The molecule has 1 aliphatic heterocycles. The number of nitrogens with two attached hydrogens (primary N) is 1. The van der Waals surface area contributed by atoms with Crippen molar-refractivity contribution < 1.29 is 9.53 Å². The second-order valence-electron chi connectivity index (χ2n) is 4.77. The van der Waals surface area contributed by atoms with Crippen LogP contribution in [0.1, 0.15) is 19.3 Å². The number of ether oxygens (including phenoxy) is 1. The monoisotopic (exact) mass is 243 g/mol. The Morgan fingerprint density at radius 2 is 2.24 bits per heavy atom. The van der Waals surface area contributed by atoms with Crippen LogP contribution in [0.5, 0.6) is 0 Å². The fraction of sp³-hybridized carbons (Fsp3) is 0.917. The maximum atomic E-state index is 12.1. The molecule has 1 amide bonds. The molecular weight excluding hydrogens is 218 g/mol. The number of carbonyl (C=O) groups is 1. The fourth-order valence-electron chi connectivity index (χ4n) is 2.00. The van der Waals surface area contributed by atoms with Crippen LogP contribution in [-0.4, -0.2) is 68.7 Å². The quantitative estimate of drug-likeness (QED) is 0.678. The Morgan fingerprint density at radius 1 is 1.47 bits per heavy atom. The van der Waals surface area contributed by atoms with Gasteiger partial charge in [-0.2, -0.15) is 0 Å². The molecule has 1 unspecified atom stereocenters. The lowest BCUT2D eigenvalue weighted by Crippen LogP contribution is -2.48. The third kappa shape index (κ3) is 5.02. The number of hydrogen-bond acceptors (Lipinski definition) is 4. The second kappa shape index (κ2) is 7.63. The third-order valence-electron chi connectivity index (χ3n) is 2.97. The lowest BCUT2D eigenvalue weighted by Gasteiger charge is -2.32.